The molecule has 1 unspecified atom stereocenters. The Morgan fingerprint density at radius 2 is 1.88 bits per heavy atom. The number of aromatic nitrogens is 1. The lowest BCUT2D eigenvalue weighted by atomic mass is 9.95. The molecule has 1 amide bonds. The molecule has 1 atom stereocenters. The molecule has 3 aromatic rings. The van der Waals surface area contributed by atoms with Crippen molar-refractivity contribution < 1.29 is 22.7 Å². The third kappa shape index (κ3) is 5.23. The van der Waals surface area contributed by atoms with Gasteiger partial charge in [-0.3, -0.25) is 4.79 Å². The van der Waals surface area contributed by atoms with Gasteiger partial charge in [0.15, 0.2) is 0 Å². The average molecular weight is 492 g/mol. The molecule has 0 fully saturated rings. The molecule has 0 saturated heterocycles. The van der Waals surface area contributed by atoms with Gasteiger partial charge in [0.1, 0.15) is 11.4 Å². The van der Waals surface area contributed by atoms with Crippen LogP contribution in [0.25, 0.3) is 22.3 Å². The molecule has 0 spiro atoms. The number of nitrogens with zero attached hydrogens (tertiary/aromatic N) is 2. The van der Waals surface area contributed by atoms with Gasteiger partial charge < -0.3 is 19.5 Å². The number of halogens is 4. The van der Waals surface area contributed by atoms with E-state index in [4.69, 9.17) is 11.6 Å². The van der Waals surface area contributed by atoms with E-state index < -0.39 is 6.36 Å². The van der Waals surface area contributed by atoms with E-state index in [1.165, 1.54) is 18.2 Å². The van der Waals surface area contributed by atoms with Gasteiger partial charge in [0.2, 0.25) is 0 Å². The number of amides is 1. The van der Waals surface area contributed by atoms with Crippen molar-refractivity contribution in [2.45, 2.75) is 25.4 Å². The quantitative estimate of drug-likeness (QED) is 0.431. The Balaban J connectivity index is 1.87. The van der Waals surface area contributed by atoms with E-state index in [0.717, 1.165) is 17.7 Å². The van der Waals surface area contributed by atoms with E-state index in [2.05, 4.69) is 15.0 Å². The number of alkyl halides is 4. The van der Waals surface area contributed by atoms with Crippen LogP contribution in [0.2, 0.25) is 0 Å². The number of ether oxygens (including phenoxy) is 1. The summed E-state index contributed by atoms with van der Waals surface area (Å²) in [7, 11) is 3.96. The molecule has 1 aliphatic heterocycles. The molecule has 0 bridgehead atoms. The minimum atomic E-state index is -4.80. The number of carbonyl (C=O) groups is 1. The zero-order chi connectivity index (χ0) is 24.5. The van der Waals surface area contributed by atoms with Crippen LogP contribution in [0.15, 0.2) is 54.7 Å². The van der Waals surface area contributed by atoms with Gasteiger partial charge >= 0.3 is 6.36 Å². The first-order chi connectivity index (χ1) is 16.2. The highest BCUT2D eigenvalue weighted by Crippen LogP contribution is 2.41. The van der Waals surface area contributed by atoms with Gasteiger partial charge in [0.05, 0.1) is 6.04 Å². The summed E-state index contributed by atoms with van der Waals surface area (Å²) in [4.78, 5) is 15.0. The molecular formula is C25H25ClF3N3O2. The molecule has 9 heteroatoms. The minimum Gasteiger partial charge on any atom is -0.406 e. The van der Waals surface area contributed by atoms with Crippen molar-refractivity contribution in [1.29, 1.82) is 0 Å². The molecule has 180 valence electrons. The molecule has 5 nitrogen and oxygen atoms in total. The van der Waals surface area contributed by atoms with E-state index in [0.29, 0.717) is 41.2 Å². The van der Waals surface area contributed by atoms with Crippen molar-refractivity contribution in [3.05, 3.63) is 66.0 Å². The van der Waals surface area contributed by atoms with Crippen molar-refractivity contribution >= 4 is 17.5 Å². The molecule has 2 heterocycles. The molecule has 0 saturated carbocycles. The van der Waals surface area contributed by atoms with Crippen LogP contribution in [0.1, 0.15) is 28.5 Å². The smallest absolute Gasteiger partial charge is 0.406 e. The minimum absolute atomic E-state index is 0.0553. The topological polar surface area (TPSA) is 46.5 Å². The Morgan fingerprint density at radius 1 is 1.15 bits per heavy atom. The second-order valence-corrected chi connectivity index (χ2v) is 8.90. The van der Waals surface area contributed by atoms with Crippen molar-refractivity contribution in [1.82, 2.24) is 14.8 Å². The van der Waals surface area contributed by atoms with Gasteiger partial charge in [0, 0.05) is 36.3 Å². The summed E-state index contributed by atoms with van der Waals surface area (Å²) in [6.45, 7) is 1.20. The molecule has 2 aromatic carbocycles. The standard InChI is InChI=1S/C25H25ClF3N3O2/c1-31(2)14-16-6-8-17(9-7-16)22-21(18-4-3-5-20(12-18)34-25(27,28)29)15-32-19(10-11-26)13-30-24(33)23(22)32/h3-9,12,15,19H,10-11,13-14H2,1-2H3,(H,30,33). The zero-order valence-electron chi connectivity index (χ0n) is 18.8. The number of hydrogen-bond donors (Lipinski definition) is 1. The fraction of sp³-hybridized carbons (Fsp3) is 0.320. The molecular weight excluding hydrogens is 467 g/mol. The predicted octanol–water partition coefficient (Wildman–Crippen LogP) is 5.70. The number of rotatable bonds is 7. The monoisotopic (exact) mass is 491 g/mol. The summed E-state index contributed by atoms with van der Waals surface area (Å²) >= 11 is 6.01. The zero-order valence-corrected chi connectivity index (χ0v) is 19.6. The first-order valence-electron chi connectivity index (χ1n) is 10.9. The van der Waals surface area contributed by atoms with Crippen molar-refractivity contribution in [2.75, 3.05) is 26.5 Å². The number of fused-ring (bicyclic) bond motifs is 1. The summed E-state index contributed by atoms with van der Waals surface area (Å²) in [6.07, 6.45) is -2.32. The van der Waals surface area contributed by atoms with Gasteiger partial charge in [0.25, 0.3) is 5.91 Å². The lowest BCUT2D eigenvalue weighted by molar-refractivity contribution is -0.274. The summed E-state index contributed by atoms with van der Waals surface area (Å²) in [5, 5.41) is 2.93. The lowest BCUT2D eigenvalue weighted by Gasteiger charge is -2.26. The van der Waals surface area contributed by atoms with Crippen LogP contribution >= 0.6 is 11.6 Å². The van der Waals surface area contributed by atoms with Crippen molar-refractivity contribution in [2.24, 2.45) is 0 Å². The number of carbonyl (C=O) groups excluding carboxylic acids is 1. The van der Waals surface area contributed by atoms with Crippen molar-refractivity contribution in [3.63, 3.8) is 0 Å². The molecule has 4 rings (SSSR count). The maximum Gasteiger partial charge on any atom is 0.573 e. The lowest BCUT2D eigenvalue weighted by Crippen LogP contribution is -2.39. The third-order valence-electron chi connectivity index (χ3n) is 5.70. The summed E-state index contributed by atoms with van der Waals surface area (Å²) < 4.78 is 44.5. The van der Waals surface area contributed by atoms with Gasteiger partial charge in [-0.2, -0.15) is 0 Å². The van der Waals surface area contributed by atoms with Crippen LogP contribution in [0, 0.1) is 0 Å². The van der Waals surface area contributed by atoms with Crippen LogP contribution in [-0.4, -0.2) is 48.3 Å². The Hall–Kier alpha value is -2.97. The van der Waals surface area contributed by atoms with Gasteiger partial charge in [-0.05, 0) is 49.3 Å². The molecule has 1 N–H and O–H groups in total. The SMILES string of the molecule is CN(C)Cc1ccc(-c2c(-c3cccc(OC(F)(F)F)c3)cn3c2C(=O)NCC3CCCl)cc1. The van der Waals surface area contributed by atoms with Gasteiger partial charge in [-0.1, -0.05) is 36.4 Å². The fourth-order valence-corrected chi connectivity index (χ4v) is 4.57. The average Bonchev–Trinajstić information content (AvgIpc) is 3.17. The highest BCUT2D eigenvalue weighted by molar-refractivity contribution is 6.17. The fourth-order valence-electron chi connectivity index (χ4n) is 4.32. The van der Waals surface area contributed by atoms with E-state index in [1.54, 1.807) is 6.07 Å². The normalized spacial score (nSPS) is 15.9. The molecule has 0 aliphatic carbocycles. The van der Waals surface area contributed by atoms with Crippen LogP contribution < -0.4 is 10.1 Å². The maximum absolute atomic E-state index is 13.0. The Labute approximate surface area is 201 Å². The second-order valence-electron chi connectivity index (χ2n) is 8.53. The summed E-state index contributed by atoms with van der Waals surface area (Å²) in [5.41, 5.74) is 4.22. The first-order valence-corrected chi connectivity index (χ1v) is 11.4. The van der Waals surface area contributed by atoms with Gasteiger partial charge in [-0.15, -0.1) is 24.8 Å². The largest absolute Gasteiger partial charge is 0.573 e. The van der Waals surface area contributed by atoms with Crippen molar-refractivity contribution in [3.8, 4) is 28.0 Å². The Kier molecular flexibility index (Phi) is 6.91. The number of hydrogen-bond acceptors (Lipinski definition) is 3. The Morgan fingerprint density at radius 3 is 2.53 bits per heavy atom. The first kappa shape index (κ1) is 24.2. The van der Waals surface area contributed by atoms with Crippen LogP contribution in [0.4, 0.5) is 13.2 Å². The molecule has 1 aromatic heterocycles. The molecule has 0 radical (unpaired) electrons. The van der Waals surface area contributed by atoms with E-state index in [9.17, 15) is 18.0 Å². The summed E-state index contributed by atoms with van der Waals surface area (Å²) in [6, 6.07) is 13.6. The maximum atomic E-state index is 13.0. The predicted molar refractivity (Wildman–Crippen MR) is 126 cm³/mol. The van der Waals surface area contributed by atoms with Gasteiger partial charge in [-0.25, -0.2) is 0 Å². The van der Waals surface area contributed by atoms with E-state index >= 15 is 0 Å². The molecule has 1 aliphatic rings. The molecule has 34 heavy (non-hydrogen) atoms. The van der Waals surface area contributed by atoms with E-state index in [-0.39, 0.29) is 17.7 Å². The number of nitrogens with one attached hydrogen (secondary N) is 1. The Bertz CT molecular complexity index is 1170. The van der Waals surface area contributed by atoms with Crippen LogP contribution in [0.5, 0.6) is 5.75 Å². The summed E-state index contributed by atoms with van der Waals surface area (Å²) in [5.74, 6) is -0.132. The number of benzene rings is 2. The highest BCUT2D eigenvalue weighted by Gasteiger charge is 2.33. The second kappa shape index (κ2) is 9.72. The third-order valence-corrected chi connectivity index (χ3v) is 5.92. The van der Waals surface area contributed by atoms with Crippen LogP contribution in [-0.2, 0) is 6.54 Å². The van der Waals surface area contributed by atoms with E-state index in [1.807, 2.05) is 49.1 Å². The van der Waals surface area contributed by atoms with Crippen LogP contribution in [0.3, 0.4) is 0 Å². The highest BCUT2D eigenvalue weighted by atomic mass is 35.5.